The molecule has 2 aromatic carbocycles. The van der Waals surface area contributed by atoms with Crippen molar-refractivity contribution in [2.75, 3.05) is 0 Å². The van der Waals surface area contributed by atoms with E-state index in [2.05, 4.69) is 0 Å². The van der Waals surface area contributed by atoms with Gasteiger partial charge in [-0.3, -0.25) is 9.59 Å². The molecule has 0 fully saturated rings. The van der Waals surface area contributed by atoms with Gasteiger partial charge in [0.2, 0.25) is 0 Å². The van der Waals surface area contributed by atoms with Gasteiger partial charge in [0, 0.05) is 16.7 Å². The zero-order valence-corrected chi connectivity index (χ0v) is 11.4. The molecule has 0 radical (unpaired) electrons. The van der Waals surface area contributed by atoms with Gasteiger partial charge in [-0.05, 0) is 0 Å². The van der Waals surface area contributed by atoms with E-state index < -0.39 is 5.92 Å². The molecular weight excluding hydrogens is 260 g/mol. The second kappa shape index (κ2) is 5.71. The zero-order valence-electron chi connectivity index (χ0n) is 11.4. The maximum Gasteiger partial charge on any atom is 0.190 e. The minimum atomic E-state index is -0.486. The minimum Gasteiger partial charge on any atom is -0.293 e. The molecule has 102 valence electrons. The van der Waals surface area contributed by atoms with Gasteiger partial charge < -0.3 is 0 Å². The number of ketones is 2. The van der Waals surface area contributed by atoms with Crippen molar-refractivity contribution in [1.82, 2.24) is 0 Å². The Kier molecular flexibility index (Phi) is 3.61. The molecule has 0 saturated carbocycles. The van der Waals surface area contributed by atoms with Crippen molar-refractivity contribution in [3.63, 3.8) is 0 Å². The lowest BCUT2D eigenvalue weighted by atomic mass is 9.88. The Morgan fingerprint density at radius 3 is 1.95 bits per heavy atom. The van der Waals surface area contributed by atoms with E-state index in [0.29, 0.717) is 16.7 Å². The summed E-state index contributed by atoms with van der Waals surface area (Å²) in [6.45, 7) is 0. The Morgan fingerprint density at radius 2 is 1.33 bits per heavy atom. The van der Waals surface area contributed by atoms with Gasteiger partial charge in [-0.1, -0.05) is 78.9 Å². The number of hydrogen-bond donors (Lipinski definition) is 0. The first-order valence-electron chi connectivity index (χ1n) is 6.85. The van der Waals surface area contributed by atoms with Crippen molar-refractivity contribution < 1.29 is 9.59 Å². The predicted molar refractivity (Wildman–Crippen MR) is 82.3 cm³/mol. The van der Waals surface area contributed by atoms with Crippen LogP contribution in [0.4, 0.5) is 0 Å². The van der Waals surface area contributed by atoms with Crippen LogP contribution >= 0.6 is 0 Å². The summed E-state index contributed by atoms with van der Waals surface area (Å²) in [7, 11) is 0. The first kappa shape index (κ1) is 13.3. The molecule has 0 aromatic heterocycles. The van der Waals surface area contributed by atoms with E-state index in [9.17, 15) is 9.59 Å². The summed E-state index contributed by atoms with van der Waals surface area (Å²) in [6.07, 6.45) is 5.30. The average Bonchev–Trinajstić information content (AvgIpc) is 3.04. The van der Waals surface area contributed by atoms with Crippen LogP contribution in [-0.4, -0.2) is 11.6 Å². The van der Waals surface area contributed by atoms with Gasteiger partial charge in [-0.25, -0.2) is 0 Å². The first-order valence-corrected chi connectivity index (χ1v) is 6.85. The van der Waals surface area contributed by atoms with Crippen molar-refractivity contribution in [2.45, 2.75) is 0 Å². The molecule has 3 rings (SSSR count). The Hall–Kier alpha value is -2.74. The van der Waals surface area contributed by atoms with Crippen molar-refractivity contribution >= 4 is 11.6 Å². The normalized spacial score (nSPS) is 16.6. The Bertz CT molecular complexity index is 725. The number of allylic oxidation sites excluding steroid dienone is 4. The van der Waals surface area contributed by atoms with Crippen LogP contribution in [0.1, 0.15) is 20.7 Å². The summed E-state index contributed by atoms with van der Waals surface area (Å²) in [6, 6.07) is 18.1. The molecule has 1 atom stereocenters. The minimum absolute atomic E-state index is 0.0418. The third kappa shape index (κ3) is 2.61. The highest BCUT2D eigenvalue weighted by atomic mass is 16.1. The third-order valence-corrected chi connectivity index (χ3v) is 3.55. The standard InChI is InChI=1S/C19H14O2/c20-18(14-8-3-1-4-9-14)16-12-7-13-17(16)19(21)15-10-5-2-6-11-15/h1-13,16H. The maximum absolute atomic E-state index is 12.5. The summed E-state index contributed by atoms with van der Waals surface area (Å²) >= 11 is 0. The fraction of sp³-hybridized carbons (Fsp3) is 0.0526. The van der Waals surface area contributed by atoms with Gasteiger partial charge in [0.25, 0.3) is 0 Å². The monoisotopic (exact) mass is 274 g/mol. The second-order valence-corrected chi connectivity index (χ2v) is 4.91. The van der Waals surface area contributed by atoms with Gasteiger partial charge >= 0.3 is 0 Å². The van der Waals surface area contributed by atoms with Crippen LogP contribution in [0.5, 0.6) is 0 Å². The molecule has 0 spiro atoms. The van der Waals surface area contributed by atoms with E-state index in [1.165, 1.54) is 0 Å². The largest absolute Gasteiger partial charge is 0.293 e. The number of Topliss-reactive ketones (excluding diaryl/α,β-unsaturated/α-hetero) is 2. The summed E-state index contributed by atoms with van der Waals surface area (Å²) in [5, 5.41) is 0. The zero-order chi connectivity index (χ0) is 14.7. The molecule has 0 amide bonds. The average molecular weight is 274 g/mol. The highest BCUT2D eigenvalue weighted by molar-refractivity contribution is 6.15. The van der Waals surface area contributed by atoms with E-state index in [0.717, 1.165) is 0 Å². The topological polar surface area (TPSA) is 34.1 Å². The van der Waals surface area contributed by atoms with E-state index in [1.54, 1.807) is 42.5 Å². The molecular formula is C19H14O2. The number of rotatable bonds is 4. The summed E-state index contributed by atoms with van der Waals surface area (Å²) in [4.78, 5) is 25.1. The molecule has 1 aliphatic rings. The third-order valence-electron chi connectivity index (χ3n) is 3.55. The molecule has 1 unspecified atom stereocenters. The Balaban J connectivity index is 1.88. The number of carbonyl (C=O) groups excluding carboxylic acids is 2. The second-order valence-electron chi connectivity index (χ2n) is 4.91. The van der Waals surface area contributed by atoms with Crippen LogP contribution in [0.25, 0.3) is 0 Å². The van der Waals surface area contributed by atoms with Crippen molar-refractivity contribution in [1.29, 1.82) is 0 Å². The molecule has 1 aliphatic carbocycles. The van der Waals surface area contributed by atoms with Crippen molar-refractivity contribution in [3.05, 3.63) is 95.6 Å². The number of hydrogen-bond acceptors (Lipinski definition) is 2. The number of benzene rings is 2. The SMILES string of the molecule is O=C(C1=CC=CC1C(=O)c1ccccc1)c1ccccc1. The van der Waals surface area contributed by atoms with Crippen molar-refractivity contribution in [3.8, 4) is 0 Å². The Labute approximate surface area is 123 Å². The molecule has 0 aliphatic heterocycles. The highest BCUT2D eigenvalue weighted by Gasteiger charge is 2.28. The van der Waals surface area contributed by atoms with Gasteiger partial charge in [0.1, 0.15) is 0 Å². The van der Waals surface area contributed by atoms with Gasteiger partial charge in [-0.2, -0.15) is 0 Å². The molecule has 0 N–H and O–H groups in total. The molecule has 2 heteroatoms. The molecule has 0 bridgehead atoms. The molecule has 2 aromatic rings. The lowest BCUT2D eigenvalue weighted by molar-refractivity contribution is 0.0930. The lowest BCUT2D eigenvalue weighted by Crippen LogP contribution is -2.18. The quantitative estimate of drug-likeness (QED) is 0.793. The van der Waals surface area contributed by atoms with Crippen LogP contribution in [-0.2, 0) is 0 Å². The number of carbonyl (C=O) groups is 2. The molecule has 0 heterocycles. The molecule has 2 nitrogen and oxygen atoms in total. The Morgan fingerprint density at radius 1 is 0.762 bits per heavy atom. The van der Waals surface area contributed by atoms with E-state index in [1.807, 2.05) is 36.4 Å². The van der Waals surface area contributed by atoms with E-state index >= 15 is 0 Å². The fourth-order valence-corrected chi connectivity index (χ4v) is 2.46. The summed E-state index contributed by atoms with van der Waals surface area (Å²) in [5.74, 6) is -0.616. The van der Waals surface area contributed by atoms with E-state index in [4.69, 9.17) is 0 Å². The highest BCUT2D eigenvalue weighted by Crippen LogP contribution is 2.26. The first-order chi connectivity index (χ1) is 10.3. The summed E-state index contributed by atoms with van der Waals surface area (Å²) < 4.78 is 0. The van der Waals surface area contributed by atoms with Gasteiger partial charge in [0.05, 0.1) is 5.92 Å². The van der Waals surface area contributed by atoms with Crippen LogP contribution in [0.3, 0.4) is 0 Å². The molecule has 21 heavy (non-hydrogen) atoms. The van der Waals surface area contributed by atoms with E-state index in [-0.39, 0.29) is 11.6 Å². The predicted octanol–water partition coefficient (Wildman–Crippen LogP) is 3.86. The van der Waals surface area contributed by atoms with Crippen molar-refractivity contribution in [2.24, 2.45) is 5.92 Å². The maximum atomic E-state index is 12.5. The summed E-state index contributed by atoms with van der Waals surface area (Å²) in [5.41, 5.74) is 1.77. The van der Waals surface area contributed by atoms with Crippen LogP contribution < -0.4 is 0 Å². The van der Waals surface area contributed by atoms with Gasteiger partial charge in [0.15, 0.2) is 11.6 Å². The van der Waals surface area contributed by atoms with Gasteiger partial charge in [-0.15, -0.1) is 0 Å². The van der Waals surface area contributed by atoms with Crippen LogP contribution in [0, 0.1) is 5.92 Å². The van der Waals surface area contributed by atoms with Crippen LogP contribution in [0.2, 0.25) is 0 Å². The lowest BCUT2D eigenvalue weighted by Gasteiger charge is -2.12. The molecule has 0 saturated heterocycles. The smallest absolute Gasteiger partial charge is 0.190 e. The van der Waals surface area contributed by atoms with Crippen LogP contribution in [0.15, 0.2) is 84.5 Å². The fourth-order valence-electron chi connectivity index (χ4n) is 2.46.